The summed E-state index contributed by atoms with van der Waals surface area (Å²) < 4.78 is 12.8. The SMILES string of the molecule is Cc1ccc(NC(=S)NC(=O)/C=C/c2ccc(F)cc2)cc1C. The monoisotopic (exact) mass is 328 g/mol. The molecule has 0 bridgehead atoms. The normalized spacial score (nSPS) is 10.6. The fourth-order valence-electron chi connectivity index (χ4n) is 1.88. The Kier molecular flexibility index (Phi) is 5.60. The molecule has 5 heteroatoms. The number of amides is 1. The molecule has 2 rings (SSSR count). The van der Waals surface area contributed by atoms with E-state index in [0.717, 1.165) is 16.8 Å². The first-order chi connectivity index (χ1) is 10.9. The molecule has 0 unspecified atom stereocenters. The van der Waals surface area contributed by atoms with E-state index < -0.39 is 0 Å². The number of aryl methyl sites for hydroxylation is 2. The molecule has 0 radical (unpaired) electrons. The molecule has 23 heavy (non-hydrogen) atoms. The van der Waals surface area contributed by atoms with E-state index in [-0.39, 0.29) is 16.8 Å². The molecule has 0 heterocycles. The molecule has 0 aromatic heterocycles. The van der Waals surface area contributed by atoms with E-state index in [1.165, 1.54) is 23.8 Å². The molecule has 0 aliphatic carbocycles. The molecule has 0 aliphatic heterocycles. The largest absolute Gasteiger partial charge is 0.332 e. The number of rotatable bonds is 3. The molecule has 0 spiro atoms. The predicted molar refractivity (Wildman–Crippen MR) is 95.7 cm³/mol. The number of carbonyl (C=O) groups is 1. The lowest BCUT2D eigenvalue weighted by Crippen LogP contribution is -2.32. The van der Waals surface area contributed by atoms with Crippen LogP contribution in [0.25, 0.3) is 6.08 Å². The Bertz CT molecular complexity index is 754. The maximum atomic E-state index is 12.8. The molecule has 0 aliphatic rings. The van der Waals surface area contributed by atoms with Crippen molar-refractivity contribution in [3.8, 4) is 0 Å². The van der Waals surface area contributed by atoms with E-state index >= 15 is 0 Å². The molecule has 0 atom stereocenters. The van der Waals surface area contributed by atoms with Gasteiger partial charge in [0.2, 0.25) is 5.91 Å². The number of halogens is 1. The summed E-state index contributed by atoms with van der Waals surface area (Å²) in [4.78, 5) is 11.8. The topological polar surface area (TPSA) is 41.1 Å². The third-order valence-corrected chi connectivity index (χ3v) is 3.50. The number of anilines is 1. The molecule has 3 nitrogen and oxygen atoms in total. The van der Waals surface area contributed by atoms with Crippen LogP contribution >= 0.6 is 12.2 Å². The molecule has 2 aromatic carbocycles. The predicted octanol–water partition coefficient (Wildman–Crippen LogP) is 3.97. The highest BCUT2D eigenvalue weighted by Crippen LogP contribution is 2.13. The molecule has 0 saturated carbocycles. The van der Waals surface area contributed by atoms with Crippen molar-refractivity contribution in [2.45, 2.75) is 13.8 Å². The number of benzene rings is 2. The minimum Gasteiger partial charge on any atom is -0.332 e. The first kappa shape index (κ1) is 16.8. The van der Waals surface area contributed by atoms with Crippen molar-refractivity contribution in [3.05, 3.63) is 71.0 Å². The summed E-state index contributed by atoms with van der Waals surface area (Å²) in [7, 11) is 0. The minimum atomic E-state index is -0.351. The summed E-state index contributed by atoms with van der Waals surface area (Å²) in [5, 5.41) is 5.75. The van der Waals surface area contributed by atoms with Gasteiger partial charge in [-0.1, -0.05) is 18.2 Å². The average molecular weight is 328 g/mol. The zero-order valence-electron chi connectivity index (χ0n) is 12.9. The zero-order chi connectivity index (χ0) is 16.8. The lowest BCUT2D eigenvalue weighted by molar-refractivity contribution is -0.115. The zero-order valence-corrected chi connectivity index (χ0v) is 13.7. The van der Waals surface area contributed by atoms with E-state index in [1.807, 2.05) is 32.0 Å². The maximum absolute atomic E-state index is 12.8. The van der Waals surface area contributed by atoms with Crippen molar-refractivity contribution in [2.75, 3.05) is 5.32 Å². The molecule has 0 fully saturated rings. The fraction of sp³-hybridized carbons (Fsp3) is 0.111. The van der Waals surface area contributed by atoms with Crippen LogP contribution in [0.1, 0.15) is 16.7 Å². The molecule has 1 amide bonds. The van der Waals surface area contributed by atoms with Crippen LogP contribution in [0.4, 0.5) is 10.1 Å². The highest BCUT2D eigenvalue weighted by molar-refractivity contribution is 7.80. The first-order valence-electron chi connectivity index (χ1n) is 7.07. The highest BCUT2D eigenvalue weighted by Gasteiger charge is 2.02. The summed E-state index contributed by atoms with van der Waals surface area (Å²) in [6, 6.07) is 11.7. The Labute approximate surface area is 140 Å². The fourth-order valence-corrected chi connectivity index (χ4v) is 2.10. The summed E-state index contributed by atoms with van der Waals surface area (Å²) in [6.45, 7) is 4.03. The molecular weight excluding hydrogens is 311 g/mol. The summed E-state index contributed by atoms with van der Waals surface area (Å²) in [6.07, 6.45) is 2.94. The standard InChI is InChI=1S/C18H17FN2OS/c1-12-3-9-16(11-13(12)2)20-18(23)21-17(22)10-6-14-4-7-15(19)8-5-14/h3-11H,1-2H3,(H2,20,21,22,23)/b10-6+. The molecule has 118 valence electrons. The molecule has 2 N–H and O–H groups in total. The summed E-state index contributed by atoms with van der Waals surface area (Å²) in [5.74, 6) is -0.666. The second kappa shape index (κ2) is 7.65. The van der Waals surface area contributed by atoms with Gasteiger partial charge in [0, 0.05) is 11.8 Å². The van der Waals surface area contributed by atoms with Crippen molar-refractivity contribution in [2.24, 2.45) is 0 Å². The van der Waals surface area contributed by atoms with Crippen molar-refractivity contribution >= 4 is 35.0 Å². The maximum Gasteiger partial charge on any atom is 0.250 e. The van der Waals surface area contributed by atoms with Crippen LogP contribution in [0.15, 0.2) is 48.5 Å². The van der Waals surface area contributed by atoms with Crippen LogP contribution in [-0.2, 0) is 4.79 Å². The second-order valence-electron chi connectivity index (χ2n) is 5.13. The van der Waals surface area contributed by atoms with E-state index in [2.05, 4.69) is 10.6 Å². The van der Waals surface area contributed by atoms with Gasteiger partial charge in [-0.25, -0.2) is 4.39 Å². The van der Waals surface area contributed by atoms with E-state index in [0.29, 0.717) is 0 Å². The molecule has 0 saturated heterocycles. The van der Waals surface area contributed by atoms with Crippen LogP contribution in [0.5, 0.6) is 0 Å². The van der Waals surface area contributed by atoms with Crippen LogP contribution < -0.4 is 10.6 Å². The Balaban J connectivity index is 1.90. The third kappa shape index (κ3) is 5.30. The van der Waals surface area contributed by atoms with Gasteiger partial charge in [0.25, 0.3) is 0 Å². The van der Waals surface area contributed by atoms with Crippen LogP contribution in [0.2, 0.25) is 0 Å². The third-order valence-electron chi connectivity index (χ3n) is 3.30. The number of hydrogen-bond donors (Lipinski definition) is 2. The van der Waals surface area contributed by atoms with Crippen LogP contribution in [0.3, 0.4) is 0 Å². The minimum absolute atomic E-state index is 0.224. The van der Waals surface area contributed by atoms with Crippen molar-refractivity contribution in [3.63, 3.8) is 0 Å². The van der Waals surface area contributed by atoms with Crippen LogP contribution in [-0.4, -0.2) is 11.0 Å². The van der Waals surface area contributed by atoms with Gasteiger partial charge < -0.3 is 5.32 Å². The van der Waals surface area contributed by atoms with Crippen molar-refractivity contribution in [1.29, 1.82) is 0 Å². The Morgan fingerprint density at radius 2 is 1.78 bits per heavy atom. The van der Waals surface area contributed by atoms with Gasteiger partial charge in [-0.05, 0) is 73.1 Å². The summed E-state index contributed by atoms with van der Waals surface area (Å²) in [5.41, 5.74) is 3.88. The molecule has 2 aromatic rings. The lowest BCUT2D eigenvalue weighted by Gasteiger charge is -2.09. The van der Waals surface area contributed by atoms with E-state index in [4.69, 9.17) is 12.2 Å². The van der Waals surface area contributed by atoms with Gasteiger partial charge in [-0.2, -0.15) is 0 Å². The van der Waals surface area contributed by atoms with Gasteiger partial charge in [0.15, 0.2) is 5.11 Å². The van der Waals surface area contributed by atoms with E-state index in [9.17, 15) is 9.18 Å². The van der Waals surface area contributed by atoms with Crippen LogP contribution in [0, 0.1) is 19.7 Å². The van der Waals surface area contributed by atoms with Gasteiger partial charge in [0.05, 0.1) is 0 Å². The first-order valence-corrected chi connectivity index (χ1v) is 7.48. The Morgan fingerprint density at radius 1 is 1.09 bits per heavy atom. The number of carbonyl (C=O) groups excluding carboxylic acids is 1. The summed E-state index contributed by atoms with van der Waals surface area (Å²) >= 11 is 5.11. The highest BCUT2D eigenvalue weighted by atomic mass is 32.1. The van der Waals surface area contributed by atoms with Crippen molar-refractivity contribution in [1.82, 2.24) is 5.32 Å². The number of nitrogens with one attached hydrogen (secondary N) is 2. The second-order valence-corrected chi connectivity index (χ2v) is 5.54. The average Bonchev–Trinajstić information content (AvgIpc) is 2.50. The van der Waals surface area contributed by atoms with Gasteiger partial charge in [-0.3, -0.25) is 10.1 Å². The van der Waals surface area contributed by atoms with Gasteiger partial charge >= 0.3 is 0 Å². The molecular formula is C18H17FN2OS. The number of thiocarbonyl (C=S) groups is 1. The van der Waals surface area contributed by atoms with Crippen molar-refractivity contribution < 1.29 is 9.18 Å². The van der Waals surface area contributed by atoms with Gasteiger partial charge in [0.1, 0.15) is 5.82 Å². The quantitative estimate of drug-likeness (QED) is 0.662. The smallest absolute Gasteiger partial charge is 0.250 e. The lowest BCUT2D eigenvalue weighted by atomic mass is 10.1. The van der Waals surface area contributed by atoms with Gasteiger partial charge in [-0.15, -0.1) is 0 Å². The Hall–Kier alpha value is -2.53. The Morgan fingerprint density at radius 3 is 2.43 bits per heavy atom. The number of hydrogen-bond acceptors (Lipinski definition) is 2. The van der Waals surface area contributed by atoms with E-state index in [1.54, 1.807) is 18.2 Å².